The first-order valence-corrected chi connectivity index (χ1v) is 7.21. The molecule has 0 radical (unpaired) electrons. The van der Waals surface area contributed by atoms with Crippen molar-refractivity contribution in [3.63, 3.8) is 0 Å². The van der Waals surface area contributed by atoms with E-state index in [0.29, 0.717) is 16.8 Å². The van der Waals surface area contributed by atoms with E-state index in [4.69, 9.17) is 4.74 Å². The largest absolute Gasteiger partial charge is 0.490 e. The quantitative estimate of drug-likeness (QED) is 0.842. The van der Waals surface area contributed by atoms with Crippen LogP contribution < -0.4 is 5.46 Å². The van der Waals surface area contributed by atoms with Crippen LogP contribution in [0.3, 0.4) is 0 Å². The Morgan fingerprint density at radius 3 is 2.18 bits per heavy atom. The van der Waals surface area contributed by atoms with E-state index in [-0.39, 0.29) is 5.46 Å². The van der Waals surface area contributed by atoms with Crippen LogP contribution in [0.2, 0.25) is 0 Å². The van der Waals surface area contributed by atoms with Crippen molar-refractivity contribution < 1.29 is 19.6 Å². The maximum absolute atomic E-state index is 12.2. The van der Waals surface area contributed by atoms with Crippen molar-refractivity contribution in [3.05, 3.63) is 30.6 Å². The van der Waals surface area contributed by atoms with E-state index in [1.54, 1.807) is 27.7 Å². The molecule has 1 heterocycles. The number of aromatic nitrogens is 1. The molecule has 0 aliphatic carbocycles. The first-order chi connectivity index (χ1) is 10.1. The minimum absolute atomic E-state index is 0.193. The smallest absolute Gasteiger partial charge is 0.443 e. The second-order valence-electron chi connectivity index (χ2n) is 5.55. The maximum Gasteiger partial charge on any atom is 0.490 e. The monoisotopic (exact) mass is 307 g/mol. The summed E-state index contributed by atoms with van der Waals surface area (Å²) in [6, 6.07) is 0. The van der Waals surface area contributed by atoms with Gasteiger partial charge in [-0.15, -0.1) is 0 Å². The Bertz CT molecular complexity index is 553. The summed E-state index contributed by atoms with van der Waals surface area (Å²) in [6.07, 6.45) is 2.18. The molecular formula is C16H26BNO4. The van der Waals surface area contributed by atoms with E-state index in [1.807, 2.05) is 13.8 Å². The molecule has 0 amide bonds. The molecule has 0 atom stereocenters. The van der Waals surface area contributed by atoms with Gasteiger partial charge in [0.1, 0.15) is 5.60 Å². The molecule has 122 valence electrons. The van der Waals surface area contributed by atoms with Crippen LogP contribution in [0, 0.1) is 0 Å². The molecule has 0 aliphatic heterocycles. The summed E-state index contributed by atoms with van der Waals surface area (Å²) >= 11 is 0. The number of rotatable bonds is 3. The number of nitrogens with zero attached hydrogens (tertiary/aromatic N) is 1. The molecule has 1 aromatic heterocycles. The maximum atomic E-state index is 12.2. The van der Waals surface area contributed by atoms with E-state index >= 15 is 0 Å². The van der Waals surface area contributed by atoms with E-state index in [0.717, 1.165) is 0 Å². The highest BCUT2D eigenvalue weighted by Crippen LogP contribution is 2.20. The standard InChI is InChI=1S/C14H20BNO4.C2H6/c1-7-11-12(9(2)3)10(15(18)19)8-16(11)13(17)20-14(4,5)6;1-2/h7-8,18-19H,1-2H2,3-6H3;1-2H3. The van der Waals surface area contributed by atoms with Crippen LogP contribution in [0.4, 0.5) is 4.79 Å². The van der Waals surface area contributed by atoms with Gasteiger partial charge >= 0.3 is 13.2 Å². The van der Waals surface area contributed by atoms with Crippen LogP contribution >= 0.6 is 0 Å². The third-order valence-corrected chi connectivity index (χ3v) is 2.56. The molecule has 2 N–H and O–H groups in total. The average molecular weight is 307 g/mol. The molecular weight excluding hydrogens is 281 g/mol. The second-order valence-corrected chi connectivity index (χ2v) is 5.55. The summed E-state index contributed by atoms with van der Waals surface area (Å²) in [5, 5.41) is 18.8. The van der Waals surface area contributed by atoms with Gasteiger partial charge in [0.25, 0.3) is 0 Å². The van der Waals surface area contributed by atoms with Gasteiger partial charge in [-0.2, -0.15) is 0 Å². The van der Waals surface area contributed by atoms with Gasteiger partial charge < -0.3 is 14.8 Å². The molecule has 6 heteroatoms. The molecule has 0 bridgehead atoms. The summed E-state index contributed by atoms with van der Waals surface area (Å²) in [6.45, 7) is 18.4. The predicted octanol–water partition coefficient (Wildman–Crippen LogP) is 2.65. The fourth-order valence-corrected chi connectivity index (χ4v) is 1.86. The lowest BCUT2D eigenvalue weighted by Gasteiger charge is -2.20. The first kappa shape index (κ1) is 20.2. The average Bonchev–Trinajstić information content (AvgIpc) is 2.78. The first-order valence-electron chi connectivity index (χ1n) is 7.21. The number of hydrogen-bond acceptors (Lipinski definition) is 4. The topological polar surface area (TPSA) is 71.7 Å². The van der Waals surface area contributed by atoms with Crippen molar-refractivity contribution in [1.29, 1.82) is 0 Å². The fourth-order valence-electron chi connectivity index (χ4n) is 1.86. The SMILES string of the molecule is C=Cc1c(C(=C)C)c(B(O)O)cn1C(=O)OC(C)(C)C.CC. The molecule has 0 fully saturated rings. The van der Waals surface area contributed by atoms with Gasteiger partial charge in [-0.1, -0.05) is 27.0 Å². The Balaban J connectivity index is 0.00000211. The second kappa shape index (κ2) is 8.01. The van der Waals surface area contributed by atoms with Crippen LogP contribution in [-0.4, -0.2) is 33.4 Å². The van der Waals surface area contributed by atoms with Crippen molar-refractivity contribution in [2.45, 2.75) is 47.1 Å². The van der Waals surface area contributed by atoms with Crippen LogP contribution in [-0.2, 0) is 4.74 Å². The third-order valence-electron chi connectivity index (χ3n) is 2.56. The molecule has 1 rings (SSSR count). The third kappa shape index (κ3) is 4.89. The minimum atomic E-state index is -1.70. The Morgan fingerprint density at radius 1 is 1.36 bits per heavy atom. The van der Waals surface area contributed by atoms with Crippen LogP contribution in [0.15, 0.2) is 19.4 Å². The zero-order valence-electron chi connectivity index (χ0n) is 14.3. The van der Waals surface area contributed by atoms with E-state index in [1.165, 1.54) is 16.8 Å². The van der Waals surface area contributed by atoms with Crippen molar-refractivity contribution in [2.75, 3.05) is 0 Å². The number of hydrogen-bond donors (Lipinski definition) is 2. The summed E-state index contributed by atoms with van der Waals surface area (Å²) in [7, 11) is -1.70. The van der Waals surface area contributed by atoms with Gasteiger partial charge in [0.05, 0.1) is 5.69 Å². The molecule has 0 saturated carbocycles. The number of allylic oxidation sites excluding steroid dienone is 1. The van der Waals surface area contributed by atoms with E-state index in [9.17, 15) is 14.8 Å². The fraction of sp³-hybridized carbons (Fsp3) is 0.438. The lowest BCUT2D eigenvalue weighted by molar-refractivity contribution is 0.0536. The van der Waals surface area contributed by atoms with Gasteiger partial charge in [-0.3, -0.25) is 4.57 Å². The number of carbonyl (C=O) groups excluding carboxylic acids is 1. The highest BCUT2D eigenvalue weighted by atomic mass is 16.6. The molecule has 0 spiro atoms. The van der Waals surface area contributed by atoms with Crippen LogP contribution in [0.5, 0.6) is 0 Å². The zero-order valence-corrected chi connectivity index (χ0v) is 14.3. The van der Waals surface area contributed by atoms with E-state index in [2.05, 4.69) is 13.2 Å². The Hall–Kier alpha value is -1.79. The number of ether oxygens (including phenoxy) is 1. The highest BCUT2D eigenvalue weighted by Gasteiger charge is 2.27. The minimum Gasteiger partial charge on any atom is -0.443 e. The molecule has 1 aromatic rings. The van der Waals surface area contributed by atoms with Gasteiger partial charge in [-0.05, 0) is 39.3 Å². The predicted molar refractivity (Wildman–Crippen MR) is 92.0 cm³/mol. The normalized spacial score (nSPS) is 10.4. The van der Waals surface area contributed by atoms with Crippen molar-refractivity contribution in [1.82, 2.24) is 4.57 Å². The van der Waals surface area contributed by atoms with Crippen LogP contribution in [0.25, 0.3) is 11.6 Å². The molecule has 5 nitrogen and oxygen atoms in total. The van der Waals surface area contributed by atoms with Gasteiger partial charge in [0, 0.05) is 17.2 Å². The molecule has 0 unspecified atom stereocenters. The molecule has 0 aromatic carbocycles. The molecule has 22 heavy (non-hydrogen) atoms. The van der Waals surface area contributed by atoms with Gasteiger partial charge in [0.2, 0.25) is 0 Å². The van der Waals surface area contributed by atoms with Crippen LogP contribution in [0.1, 0.15) is 52.8 Å². The molecule has 0 aliphatic rings. The summed E-state index contributed by atoms with van der Waals surface area (Å²) in [4.78, 5) is 12.2. The summed E-state index contributed by atoms with van der Waals surface area (Å²) in [5.74, 6) is 0. The Kier molecular flexibility index (Phi) is 7.36. The van der Waals surface area contributed by atoms with Crippen molar-refractivity contribution in [3.8, 4) is 0 Å². The summed E-state index contributed by atoms with van der Waals surface area (Å²) in [5.41, 5.74) is 1.06. The highest BCUT2D eigenvalue weighted by molar-refractivity contribution is 6.60. The van der Waals surface area contributed by atoms with E-state index < -0.39 is 18.8 Å². The van der Waals surface area contributed by atoms with Gasteiger partial charge in [-0.25, -0.2) is 4.79 Å². The number of carbonyl (C=O) groups is 1. The summed E-state index contributed by atoms with van der Waals surface area (Å²) < 4.78 is 6.48. The Morgan fingerprint density at radius 2 is 1.86 bits per heavy atom. The van der Waals surface area contributed by atoms with Gasteiger partial charge in [0.15, 0.2) is 0 Å². The zero-order chi connectivity index (χ0) is 17.7. The lowest BCUT2D eigenvalue weighted by Crippen LogP contribution is -2.31. The molecule has 0 saturated heterocycles. The lowest BCUT2D eigenvalue weighted by atomic mass is 9.77. The van der Waals surface area contributed by atoms with Crippen molar-refractivity contribution in [2.24, 2.45) is 0 Å². The van der Waals surface area contributed by atoms with Crippen molar-refractivity contribution >= 4 is 30.3 Å². The Labute approximate surface area is 133 Å².